The number of hydrogen-bond donors (Lipinski definition) is 1. The molecule has 5 heteroatoms. The van der Waals surface area contributed by atoms with E-state index in [1.165, 1.54) is 0 Å². The van der Waals surface area contributed by atoms with E-state index >= 15 is 0 Å². The fraction of sp³-hybridized carbons (Fsp3) is 0.368. The molecule has 1 fully saturated rings. The smallest absolute Gasteiger partial charge is 0.223 e. The van der Waals surface area contributed by atoms with Crippen molar-refractivity contribution < 1.29 is 4.79 Å². The highest BCUT2D eigenvalue weighted by Crippen LogP contribution is 2.20. The topological polar surface area (TPSA) is 45.2 Å². The number of hydrogen-bond acceptors (Lipinski definition) is 3. The number of nitrogens with zero attached hydrogens (tertiary/aromatic N) is 2. The molecule has 0 aliphatic carbocycles. The highest BCUT2D eigenvalue weighted by molar-refractivity contribution is 6.30. The summed E-state index contributed by atoms with van der Waals surface area (Å²) in [6.45, 7) is 1.61. The number of likely N-dealkylation sites (tertiary alicyclic amines) is 1. The number of carbonyl (C=O) groups is 1. The van der Waals surface area contributed by atoms with Crippen molar-refractivity contribution in [3.63, 3.8) is 0 Å². The van der Waals surface area contributed by atoms with Gasteiger partial charge >= 0.3 is 0 Å². The summed E-state index contributed by atoms with van der Waals surface area (Å²) >= 11 is 5.90. The van der Waals surface area contributed by atoms with Crippen molar-refractivity contribution in [2.75, 3.05) is 18.4 Å². The molecule has 1 unspecified atom stereocenters. The lowest BCUT2D eigenvalue weighted by Gasteiger charge is -2.25. The number of amides is 1. The first-order chi connectivity index (χ1) is 11.7. The van der Waals surface area contributed by atoms with Gasteiger partial charge in [0, 0.05) is 36.8 Å². The third-order valence-corrected chi connectivity index (χ3v) is 4.67. The highest BCUT2D eigenvalue weighted by Gasteiger charge is 2.28. The largest absolute Gasteiger partial charge is 0.368 e. The van der Waals surface area contributed by atoms with Crippen LogP contribution in [0.1, 0.15) is 24.8 Å². The van der Waals surface area contributed by atoms with Crippen LogP contribution in [0.4, 0.5) is 5.82 Å². The summed E-state index contributed by atoms with van der Waals surface area (Å²) < 4.78 is 0. The third kappa shape index (κ3) is 4.48. The van der Waals surface area contributed by atoms with E-state index in [9.17, 15) is 4.79 Å². The predicted octanol–water partition coefficient (Wildman–Crippen LogP) is 3.77. The Morgan fingerprint density at radius 3 is 2.83 bits per heavy atom. The zero-order chi connectivity index (χ0) is 16.8. The zero-order valence-corrected chi connectivity index (χ0v) is 14.4. The number of rotatable bonds is 6. The fourth-order valence-electron chi connectivity index (χ4n) is 3.11. The molecule has 1 aromatic carbocycles. The normalized spacial score (nSPS) is 17.0. The third-order valence-electron chi connectivity index (χ3n) is 4.42. The summed E-state index contributed by atoms with van der Waals surface area (Å²) in [7, 11) is 0. The van der Waals surface area contributed by atoms with E-state index in [0.29, 0.717) is 6.42 Å². The van der Waals surface area contributed by atoms with E-state index in [0.717, 1.165) is 48.8 Å². The van der Waals surface area contributed by atoms with Gasteiger partial charge in [-0.05, 0) is 49.1 Å². The van der Waals surface area contributed by atoms with Crippen molar-refractivity contribution >= 4 is 23.3 Å². The maximum Gasteiger partial charge on any atom is 0.223 e. The van der Waals surface area contributed by atoms with Crippen LogP contribution in [0.3, 0.4) is 0 Å². The molecule has 24 heavy (non-hydrogen) atoms. The lowest BCUT2D eigenvalue weighted by molar-refractivity contribution is -0.131. The summed E-state index contributed by atoms with van der Waals surface area (Å²) in [5.74, 6) is 1.09. The number of halogens is 1. The van der Waals surface area contributed by atoms with Crippen molar-refractivity contribution in [2.45, 2.75) is 31.7 Å². The lowest BCUT2D eigenvalue weighted by atomic mass is 10.1. The Balaban J connectivity index is 1.50. The second-order valence-corrected chi connectivity index (χ2v) is 6.54. The van der Waals surface area contributed by atoms with Crippen LogP contribution in [0.25, 0.3) is 0 Å². The van der Waals surface area contributed by atoms with Gasteiger partial charge in [0.05, 0.1) is 0 Å². The molecule has 0 radical (unpaired) electrons. The van der Waals surface area contributed by atoms with Gasteiger partial charge in [-0.3, -0.25) is 4.79 Å². The van der Waals surface area contributed by atoms with Gasteiger partial charge in [0.15, 0.2) is 0 Å². The van der Waals surface area contributed by atoms with Gasteiger partial charge < -0.3 is 10.2 Å². The quantitative estimate of drug-likeness (QED) is 0.868. The van der Waals surface area contributed by atoms with E-state index in [-0.39, 0.29) is 11.9 Å². The second-order valence-electron chi connectivity index (χ2n) is 6.11. The molecule has 0 saturated carbocycles. The minimum atomic E-state index is 0.232. The van der Waals surface area contributed by atoms with E-state index in [4.69, 9.17) is 11.6 Å². The van der Waals surface area contributed by atoms with Crippen LogP contribution in [0.2, 0.25) is 5.02 Å². The van der Waals surface area contributed by atoms with Gasteiger partial charge in [0.1, 0.15) is 5.82 Å². The van der Waals surface area contributed by atoms with Gasteiger partial charge in [0.2, 0.25) is 5.91 Å². The average molecular weight is 344 g/mol. The number of aromatic nitrogens is 1. The van der Waals surface area contributed by atoms with E-state index < -0.39 is 0 Å². The molecule has 0 spiro atoms. The summed E-state index contributed by atoms with van der Waals surface area (Å²) in [5, 5.41) is 4.06. The molecule has 2 heterocycles. The predicted molar refractivity (Wildman–Crippen MR) is 97.2 cm³/mol. The number of anilines is 1. The SMILES string of the molecule is O=C(CCc1ccc(Cl)cc1)N1CCCC1CNc1ccccn1. The summed E-state index contributed by atoms with van der Waals surface area (Å²) in [4.78, 5) is 18.9. The van der Waals surface area contributed by atoms with Crippen molar-refractivity contribution in [2.24, 2.45) is 0 Å². The second kappa shape index (κ2) is 8.15. The number of nitrogens with one attached hydrogen (secondary N) is 1. The Hall–Kier alpha value is -2.07. The Bertz CT molecular complexity index is 660. The lowest BCUT2D eigenvalue weighted by Crippen LogP contribution is -2.39. The summed E-state index contributed by atoms with van der Waals surface area (Å²) in [6, 6.07) is 13.8. The molecule has 1 amide bonds. The number of carbonyl (C=O) groups excluding carboxylic acids is 1. The molecule has 1 saturated heterocycles. The molecule has 1 aliphatic rings. The number of aryl methyl sites for hydroxylation is 1. The number of benzene rings is 1. The van der Waals surface area contributed by atoms with Gasteiger partial charge in [-0.2, -0.15) is 0 Å². The van der Waals surface area contributed by atoms with Gasteiger partial charge in [0.25, 0.3) is 0 Å². The summed E-state index contributed by atoms with van der Waals surface area (Å²) in [5.41, 5.74) is 1.15. The monoisotopic (exact) mass is 343 g/mol. The van der Waals surface area contributed by atoms with Crippen LogP contribution >= 0.6 is 11.6 Å². The molecule has 3 rings (SSSR count). The van der Waals surface area contributed by atoms with Crippen LogP contribution in [-0.4, -0.2) is 34.9 Å². The van der Waals surface area contributed by atoms with E-state index in [1.54, 1.807) is 6.20 Å². The standard InChI is InChI=1S/C19H22ClN3O/c20-16-9-6-15(7-10-16)8-11-19(24)23-13-3-4-17(23)14-22-18-5-1-2-12-21-18/h1-2,5-7,9-10,12,17H,3-4,8,11,13-14H2,(H,21,22). The maximum absolute atomic E-state index is 12.6. The molecular formula is C19H22ClN3O. The zero-order valence-electron chi connectivity index (χ0n) is 13.6. The molecule has 0 bridgehead atoms. The molecule has 1 N–H and O–H groups in total. The van der Waals surface area contributed by atoms with Crippen molar-refractivity contribution in [3.8, 4) is 0 Å². The van der Waals surface area contributed by atoms with Crippen LogP contribution in [0, 0.1) is 0 Å². The molecule has 4 nitrogen and oxygen atoms in total. The van der Waals surface area contributed by atoms with Crippen LogP contribution in [-0.2, 0) is 11.2 Å². The van der Waals surface area contributed by atoms with E-state index in [2.05, 4.69) is 10.3 Å². The van der Waals surface area contributed by atoms with Crippen LogP contribution < -0.4 is 5.32 Å². The maximum atomic E-state index is 12.6. The van der Waals surface area contributed by atoms with Crippen LogP contribution in [0.15, 0.2) is 48.7 Å². The Kier molecular flexibility index (Phi) is 5.70. The first-order valence-electron chi connectivity index (χ1n) is 8.41. The Morgan fingerprint density at radius 1 is 1.25 bits per heavy atom. The van der Waals surface area contributed by atoms with E-state index in [1.807, 2.05) is 47.4 Å². The van der Waals surface area contributed by atoms with Gasteiger partial charge in [-0.25, -0.2) is 4.98 Å². The minimum Gasteiger partial charge on any atom is -0.368 e. The first-order valence-corrected chi connectivity index (χ1v) is 8.79. The Labute approximate surface area is 147 Å². The van der Waals surface area contributed by atoms with Crippen molar-refractivity contribution in [3.05, 3.63) is 59.2 Å². The van der Waals surface area contributed by atoms with Gasteiger partial charge in [-0.1, -0.05) is 29.8 Å². The van der Waals surface area contributed by atoms with Crippen molar-refractivity contribution in [1.82, 2.24) is 9.88 Å². The molecule has 1 aromatic heterocycles. The average Bonchev–Trinajstić information content (AvgIpc) is 3.09. The fourth-order valence-corrected chi connectivity index (χ4v) is 3.24. The molecule has 1 aliphatic heterocycles. The molecule has 1 atom stereocenters. The molecule has 126 valence electrons. The Morgan fingerprint density at radius 2 is 2.08 bits per heavy atom. The minimum absolute atomic E-state index is 0.232. The van der Waals surface area contributed by atoms with Crippen molar-refractivity contribution in [1.29, 1.82) is 0 Å². The van der Waals surface area contributed by atoms with Gasteiger partial charge in [-0.15, -0.1) is 0 Å². The van der Waals surface area contributed by atoms with Crippen LogP contribution in [0.5, 0.6) is 0 Å². The highest BCUT2D eigenvalue weighted by atomic mass is 35.5. The molecule has 2 aromatic rings. The number of pyridine rings is 1. The molecular weight excluding hydrogens is 322 g/mol. The first kappa shape index (κ1) is 16.8. The summed E-state index contributed by atoms with van der Waals surface area (Å²) in [6.07, 6.45) is 5.19.